The summed E-state index contributed by atoms with van der Waals surface area (Å²) in [7, 11) is 0. The summed E-state index contributed by atoms with van der Waals surface area (Å²) >= 11 is 0. The van der Waals surface area contributed by atoms with Gasteiger partial charge in [-0.3, -0.25) is 4.79 Å². The van der Waals surface area contributed by atoms with Gasteiger partial charge >= 0.3 is 0 Å². The molecule has 1 aromatic carbocycles. The van der Waals surface area contributed by atoms with E-state index in [0.717, 1.165) is 29.7 Å². The molecule has 1 aromatic heterocycles. The van der Waals surface area contributed by atoms with Crippen LogP contribution in [0.2, 0.25) is 0 Å². The van der Waals surface area contributed by atoms with Crippen molar-refractivity contribution in [3.63, 3.8) is 0 Å². The molecule has 0 spiro atoms. The molecule has 0 aliphatic heterocycles. The van der Waals surface area contributed by atoms with Crippen LogP contribution in [0.15, 0.2) is 24.5 Å². The van der Waals surface area contributed by atoms with Crippen LogP contribution in [0.25, 0.3) is 0 Å². The number of anilines is 2. The Hall–Kier alpha value is -2.43. The van der Waals surface area contributed by atoms with Crippen LogP contribution in [-0.4, -0.2) is 21.9 Å². The lowest BCUT2D eigenvalue weighted by Gasteiger charge is -2.13. The molecule has 1 amide bonds. The number of nitrogens with zero attached hydrogens (tertiary/aromatic N) is 2. The summed E-state index contributed by atoms with van der Waals surface area (Å²) in [6.45, 7) is 6.05. The molecule has 1 fully saturated rings. The van der Waals surface area contributed by atoms with Gasteiger partial charge in [-0.15, -0.1) is 0 Å². The zero-order valence-electron chi connectivity index (χ0n) is 14.5. The molecular formula is C19H24N4O. The van der Waals surface area contributed by atoms with Crippen molar-refractivity contribution < 1.29 is 4.79 Å². The molecule has 1 aliphatic carbocycles. The largest absolute Gasteiger partial charge is 0.351 e. The Morgan fingerprint density at radius 1 is 1.04 bits per heavy atom. The van der Waals surface area contributed by atoms with Crippen molar-refractivity contribution in [1.29, 1.82) is 0 Å². The molecular weight excluding hydrogens is 300 g/mol. The van der Waals surface area contributed by atoms with Gasteiger partial charge in [-0.05, 0) is 44.7 Å². The summed E-state index contributed by atoms with van der Waals surface area (Å²) in [4.78, 5) is 21.0. The van der Waals surface area contributed by atoms with Crippen LogP contribution in [0.1, 0.15) is 52.7 Å². The van der Waals surface area contributed by atoms with Crippen LogP contribution in [0, 0.1) is 20.8 Å². The second kappa shape index (κ2) is 6.99. The van der Waals surface area contributed by atoms with E-state index in [-0.39, 0.29) is 5.91 Å². The van der Waals surface area contributed by atoms with E-state index in [1.165, 1.54) is 18.4 Å². The van der Waals surface area contributed by atoms with Gasteiger partial charge in [0.15, 0.2) is 0 Å². The van der Waals surface area contributed by atoms with Gasteiger partial charge in [-0.1, -0.05) is 30.5 Å². The highest BCUT2D eigenvalue weighted by Crippen LogP contribution is 2.23. The van der Waals surface area contributed by atoms with E-state index in [2.05, 4.69) is 39.7 Å². The Bertz CT molecular complexity index is 711. The third-order valence-electron chi connectivity index (χ3n) is 4.52. The molecule has 1 heterocycles. The molecule has 24 heavy (non-hydrogen) atoms. The van der Waals surface area contributed by atoms with Crippen molar-refractivity contribution in [3.8, 4) is 0 Å². The number of carbonyl (C=O) groups is 1. The Morgan fingerprint density at radius 3 is 2.21 bits per heavy atom. The summed E-state index contributed by atoms with van der Waals surface area (Å²) in [5.41, 5.74) is 4.63. The number of aryl methyl sites for hydroxylation is 3. The first kappa shape index (κ1) is 16.4. The summed E-state index contributed by atoms with van der Waals surface area (Å²) in [6.07, 6.45) is 8.01. The zero-order valence-corrected chi connectivity index (χ0v) is 14.5. The Morgan fingerprint density at radius 2 is 1.62 bits per heavy atom. The van der Waals surface area contributed by atoms with Gasteiger partial charge < -0.3 is 10.6 Å². The molecule has 2 N–H and O–H groups in total. The Labute approximate surface area is 142 Å². The quantitative estimate of drug-likeness (QED) is 0.892. The number of benzene rings is 1. The summed E-state index contributed by atoms with van der Waals surface area (Å²) in [5, 5.41) is 6.30. The Kier molecular flexibility index (Phi) is 4.79. The molecule has 5 heteroatoms. The molecule has 2 aromatic rings. The maximum absolute atomic E-state index is 12.4. The minimum atomic E-state index is -0.183. The van der Waals surface area contributed by atoms with Crippen molar-refractivity contribution in [2.45, 2.75) is 52.5 Å². The van der Waals surface area contributed by atoms with Crippen molar-refractivity contribution in [1.82, 2.24) is 9.97 Å². The van der Waals surface area contributed by atoms with Crippen LogP contribution in [-0.2, 0) is 0 Å². The first-order chi connectivity index (χ1) is 11.5. The smallest absolute Gasteiger partial charge is 0.258 e. The number of nitrogens with one attached hydrogen (secondary N) is 2. The highest BCUT2D eigenvalue weighted by atomic mass is 16.1. The van der Waals surface area contributed by atoms with E-state index in [4.69, 9.17) is 0 Å². The molecule has 126 valence electrons. The van der Waals surface area contributed by atoms with Gasteiger partial charge in [0.1, 0.15) is 0 Å². The topological polar surface area (TPSA) is 66.9 Å². The maximum atomic E-state index is 12.4. The van der Waals surface area contributed by atoms with E-state index < -0.39 is 0 Å². The van der Waals surface area contributed by atoms with E-state index >= 15 is 0 Å². The molecule has 0 atom stereocenters. The van der Waals surface area contributed by atoms with Gasteiger partial charge in [-0.2, -0.15) is 0 Å². The van der Waals surface area contributed by atoms with Gasteiger partial charge in [0, 0.05) is 24.1 Å². The lowest BCUT2D eigenvalue weighted by molar-refractivity contribution is 0.102. The molecule has 0 bridgehead atoms. The first-order valence-corrected chi connectivity index (χ1v) is 8.50. The highest BCUT2D eigenvalue weighted by Gasteiger charge is 2.16. The van der Waals surface area contributed by atoms with E-state index in [9.17, 15) is 4.79 Å². The predicted molar refractivity (Wildman–Crippen MR) is 96.5 cm³/mol. The summed E-state index contributed by atoms with van der Waals surface area (Å²) in [5.74, 6) is 0.415. The Balaban J connectivity index is 1.69. The zero-order chi connectivity index (χ0) is 17.1. The van der Waals surface area contributed by atoms with Crippen LogP contribution in [0.5, 0.6) is 0 Å². The molecule has 1 aliphatic rings. The average molecular weight is 324 g/mol. The molecule has 0 radical (unpaired) electrons. The van der Waals surface area contributed by atoms with Crippen LogP contribution in [0.4, 0.5) is 11.6 Å². The molecule has 0 unspecified atom stereocenters. The van der Waals surface area contributed by atoms with Crippen LogP contribution >= 0.6 is 0 Å². The average Bonchev–Trinajstić information content (AvgIpc) is 3.04. The summed E-state index contributed by atoms with van der Waals surface area (Å²) < 4.78 is 0. The lowest BCUT2D eigenvalue weighted by Crippen LogP contribution is -2.18. The van der Waals surface area contributed by atoms with Gasteiger partial charge in [-0.25, -0.2) is 9.97 Å². The third-order valence-corrected chi connectivity index (χ3v) is 4.52. The fraction of sp³-hybridized carbons (Fsp3) is 0.421. The fourth-order valence-corrected chi connectivity index (χ4v) is 3.34. The normalized spacial score (nSPS) is 14.6. The van der Waals surface area contributed by atoms with Gasteiger partial charge in [0.2, 0.25) is 5.95 Å². The number of hydrogen-bond acceptors (Lipinski definition) is 4. The van der Waals surface area contributed by atoms with Crippen molar-refractivity contribution in [2.24, 2.45) is 0 Å². The van der Waals surface area contributed by atoms with E-state index in [0.29, 0.717) is 17.6 Å². The number of rotatable bonds is 4. The number of carbonyl (C=O) groups excluding carboxylic acids is 1. The lowest BCUT2D eigenvalue weighted by atomic mass is 10.0. The SMILES string of the molecule is Cc1cc(C)c(NC(=O)c2cnc(NC3CCCC3)nc2)c(C)c1. The standard InChI is InChI=1S/C19H24N4O/c1-12-8-13(2)17(14(3)9-12)23-18(24)15-10-20-19(21-11-15)22-16-6-4-5-7-16/h8-11,16H,4-7H2,1-3H3,(H,23,24)(H,20,21,22). The highest BCUT2D eigenvalue weighted by molar-refractivity contribution is 6.04. The second-order valence-corrected chi connectivity index (χ2v) is 6.65. The molecule has 1 saturated carbocycles. The van der Waals surface area contributed by atoms with Crippen LogP contribution < -0.4 is 10.6 Å². The second-order valence-electron chi connectivity index (χ2n) is 6.65. The van der Waals surface area contributed by atoms with Crippen molar-refractivity contribution >= 4 is 17.5 Å². The molecule has 5 nitrogen and oxygen atoms in total. The number of amides is 1. The predicted octanol–water partition coefficient (Wildman–Crippen LogP) is 4.01. The monoisotopic (exact) mass is 324 g/mol. The van der Waals surface area contributed by atoms with Gasteiger partial charge in [0.05, 0.1) is 5.56 Å². The fourth-order valence-electron chi connectivity index (χ4n) is 3.34. The maximum Gasteiger partial charge on any atom is 0.258 e. The third kappa shape index (κ3) is 3.72. The van der Waals surface area contributed by atoms with Crippen molar-refractivity contribution in [2.75, 3.05) is 10.6 Å². The van der Waals surface area contributed by atoms with E-state index in [1.807, 2.05) is 13.8 Å². The van der Waals surface area contributed by atoms with Crippen molar-refractivity contribution in [3.05, 3.63) is 46.8 Å². The minimum Gasteiger partial charge on any atom is -0.351 e. The minimum absolute atomic E-state index is 0.183. The molecule has 3 rings (SSSR count). The summed E-state index contributed by atoms with van der Waals surface area (Å²) in [6, 6.07) is 4.59. The number of aromatic nitrogens is 2. The van der Waals surface area contributed by atoms with Gasteiger partial charge in [0.25, 0.3) is 5.91 Å². The molecule has 0 saturated heterocycles. The first-order valence-electron chi connectivity index (χ1n) is 8.50. The van der Waals surface area contributed by atoms with Crippen LogP contribution in [0.3, 0.4) is 0 Å². The van der Waals surface area contributed by atoms with E-state index in [1.54, 1.807) is 12.4 Å². The number of hydrogen-bond donors (Lipinski definition) is 2.